The molecule has 2 rings (SSSR count). The van der Waals surface area contributed by atoms with Gasteiger partial charge in [0.2, 0.25) is 0 Å². The van der Waals surface area contributed by atoms with Gasteiger partial charge >= 0.3 is 5.97 Å². The molecule has 0 unspecified atom stereocenters. The van der Waals surface area contributed by atoms with E-state index in [2.05, 4.69) is 10.1 Å². The maximum Gasteiger partial charge on any atom is 0.328 e. The predicted octanol–water partition coefficient (Wildman–Crippen LogP) is 2.33. The van der Waals surface area contributed by atoms with Gasteiger partial charge in [0.25, 0.3) is 0 Å². The summed E-state index contributed by atoms with van der Waals surface area (Å²) in [6, 6.07) is 3.48. The molecule has 1 N–H and O–H groups in total. The van der Waals surface area contributed by atoms with Gasteiger partial charge in [-0.15, -0.1) is 0 Å². The first kappa shape index (κ1) is 12.3. The molecule has 0 bridgehead atoms. The number of nitrogens with zero attached hydrogens (tertiary/aromatic N) is 3. The molecule has 2 heterocycles. The maximum absolute atomic E-state index is 10.5. The zero-order valence-electron chi connectivity index (χ0n) is 9.54. The van der Waals surface area contributed by atoms with Crippen LogP contribution >= 0.6 is 11.6 Å². The number of hydrogen-bond donors (Lipinski definition) is 1. The first-order valence-corrected chi connectivity index (χ1v) is 5.54. The van der Waals surface area contributed by atoms with Gasteiger partial charge in [-0.1, -0.05) is 11.6 Å². The molecule has 5 nitrogen and oxygen atoms in total. The second-order valence-electron chi connectivity index (χ2n) is 3.59. The summed E-state index contributed by atoms with van der Waals surface area (Å²) in [5, 5.41) is 13.4. The van der Waals surface area contributed by atoms with E-state index >= 15 is 0 Å². The van der Waals surface area contributed by atoms with Crippen LogP contribution in [0.1, 0.15) is 11.3 Å². The van der Waals surface area contributed by atoms with Crippen molar-refractivity contribution in [2.24, 2.45) is 0 Å². The minimum absolute atomic E-state index is 0.532. The van der Waals surface area contributed by atoms with Gasteiger partial charge in [-0.3, -0.25) is 0 Å². The summed E-state index contributed by atoms with van der Waals surface area (Å²) in [4.78, 5) is 14.7. The zero-order valence-corrected chi connectivity index (χ0v) is 10.3. The monoisotopic (exact) mass is 263 g/mol. The number of pyridine rings is 1. The number of carboxylic acids is 1. The summed E-state index contributed by atoms with van der Waals surface area (Å²) in [6.07, 6.45) is 5.77. The lowest BCUT2D eigenvalue weighted by Gasteiger charge is -2.03. The van der Waals surface area contributed by atoms with Crippen molar-refractivity contribution in [2.45, 2.75) is 6.92 Å². The van der Waals surface area contributed by atoms with E-state index in [-0.39, 0.29) is 0 Å². The Bertz CT molecular complexity index is 600. The number of aryl methyl sites for hydroxylation is 1. The smallest absolute Gasteiger partial charge is 0.328 e. The fraction of sp³-hybridized carbons (Fsp3) is 0.0833. The summed E-state index contributed by atoms with van der Waals surface area (Å²) in [6.45, 7) is 1.79. The molecule has 6 heteroatoms. The molecule has 0 spiro atoms. The SMILES string of the molecule is Cc1nn(-c2ncccc2/C=C/C(=O)O)cc1Cl. The Labute approximate surface area is 108 Å². The van der Waals surface area contributed by atoms with Crippen molar-refractivity contribution in [1.29, 1.82) is 0 Å². The number of hydrogen-bond acceptors (Lipinski definition) is 3. The molecule has 18 heavy (non-hydrogen) atoms. The Morgan fingerprint density at radius 2 is 2.33 bits per heavy atom. The predicted molar refractivity (Wildman–Crippen MR) is 67.8 cm³/mol. The number of carbonyl (C=O) groups is 1. The fourth-order valence-electron chi connectivity index (χ4n) is 1.44. The van der Waals surface area contributed by atoms with Gasteiger partial charge < -0.3 is 5.11 Å². The number of aromatic nitrogens is 3. The molecule has 0 aliphatic rings. The van der Waals surface area contributed by atoms with Crippen molar-refractivity contribution < 1.29 is 9.90 Å². The number of carboxylic acid groups (broad SMARTS) is 1. The largest absolute Gasteiger partial charge is 0.478 e. The molecule has 0 saturated carbocycles. The average molecular weight is 264 g/mol. The molecular formula is C12H10ClN3O2. The van der Waals surface area contributed by atoms with Crippen LogP contribution in [0.3, 0.4) is 0 Å². The standard InChI is InChI=1S/C12H10ClN3O2/c1-8-10(13)7-16(15-8)12-9(3-2-6-14-12)4-5-11(17)18/h2-7H,1H3,(H,17,18)/b5-4+. The molecule has 0 aromatic carbocycles. The van der Waals surface area contributed by atoms with E-state index < -0.39 is 5.97 Å². The molecule has 0 atom stereocenters. The van der Waals surface area contributed by atoms with Crippen molar-refractivity contribution in [3.05, 3.63) is 46.9 Å². The highest BCUT2D eigenvalue weighted by Crippen LogP contribution is 2.18. The van der Waals surface area contributed by atoms with Crippen LogP contribution in [0.15, 0.2) is 30.6 Å². The molecule has 0 saturated heterocycles. The lowest BCUT2D eigenvalue weighted by Crippen LogP contribution is -2.01. The second-order valence-corrected chi connectivity index (χ2v) is 4.00. The Balaban J connectivity index is 2.47. The summed E-state index contributed by atoms with van der Waals surface area (Å²) in [7, 11) is 0. The van der Waals surface area contributed by atoms with Crippen molar-refractivity contribution in [1.82, 2.24) is 14.8 Å². The lowest BCUT2D eigenvalue weighted by atomic mass is 10.2. The van der Waals surface area contributed by atoms with Gasteiger partial charge in [-0.25, -0.2) is 14.5 Å². The summed E-state index contributed by atoms with van der Waals surface area (Å²) in [5.41, 5.74) is 1.34. The highest BCUT2D eigenvalue weighted by atomic mass is 35.5. The van der Waals surface area contributed by atoms with E-state index in [0.717, 1.165) is 6.08 Å². The first-order chi connectivity index (χ1) is 8.58. The number of rotatable bonds is 3. The number of halogens is 1. The molecule has 2 aromatic rings. The van der Waals surface area contributed by atoms with E-state index in [1.54, 1.807) is 31.5 Å². The van der Waals surface area contributed by atoms with Gasteiger partial charge in [0.15, 0.2) is 5.82 Å². The number of aliphatic carboxylic acids is 1. The third kappa shape index (κ3) is 2.57. The van der Waals surface area contributed by atoms with Crippen LogP contribution in [-0.4, -0.2) is 25.8 Å². The molecular weight excluding hydrogens is 254 g/mol. The quantitative estimate of drug-likeness (QED) is 0.863. The first-order valence-electron chi connectivity index (χ1n) is 5.16. The van der Waals surface area contributed by atoms with Gasteiger partial charge in [-0.05, 0) is 25.1 Å². The third-order valence-corrected chi connectivity index (χ3v) is 2.65. The molecule has 2 aromatic heterocycles. The highest BCUT2D eigenvalue weighted by Gasteiger charge is 2.08. The zero-order chi connectivity index (χ0) is 13.1. The fourth-order valence-corrected chi connectivity index (χ4v) is 1.57. The van der Waals surface area contributed by atoms with E-state index in [4.69, 9.17) is 16.7 Å². The molecule has 0 fully saturated rings. The van der Waals surface area contributed by atoms with Gasteiger partial charge in [0.1, 0.15) is 0 Å². The van der Waals surface area contributed by atoms with Crippen molar-refractivity contribution in [2.75, 3.05) is 0 Å². The van der Waals surface area contributed by atoms with E-state index in [1.165, 1.54) is 10.8 Å². The maximum atomic E-state index is 10.5. The normalized spacial score (nSPS) is 11.0. The van der Waals surface area contributed by atoms with Gasteiger partial charge in [0, 0.05) is 17.8 Å². The van der Waals surface area contributed by atoms with Crippen LogP contribution in [0.2, 0.25) is 5.02 Å². The molecule has 0 amide bonds. The third-order valence-electron chi connectivity index (χ3n) is 2.28. The lowest BCUT2D eigenvalue weighted by molar-refractivity contribution is -0.131. The van der Waals surface area contributed by atoms with Crippen LogP contribution in [0.25, 0.3) is 11.9 Å². The van der Waals surface area contributed by atoms with Gasteiger partial charge in [0.05, 0.1) is 16.9 Å². The Morgan fingerprint density at radius 1 is 1.56 bits per heavy atom. The Hall–Kier alpha value is -2.14. The molecule has 0 aliphatic carbocycles. The Kier molecular flexibility index (Phi) is 3.43. The average Bonchev–Trinajstić information content (AvgIpc) is 2.67. The minimum Gasteiger partial charge on any atom is -0.478 e. The Morgan fingerprint density at radius 3 is 2.94 bits per heavy atom. The summed E-state index contributed by atoms with van der Waals surface area (Å²) in [5.74, 6) is -0.482. The van der Waals surface area contributed by atoms with Gasteiger partial charge in [-0.2, -0.15) is 5.10 Å². The van der Waals surface area contributed by atoms with Crippen LogP contribution in [0.5, 0.6) is 0 Å². The van der Waals surface area contributed by atoms with Crippen LogP contribution in [0, 0.1) is 6.92 Å². The van der Waals surface area contributed by atoms with Crippen molar-refractivity contribution >= 4 is 23.6 Å². The second kappa shape index (κ2) is 5.01. The summed E-state index contributed by atoms with van der Waals surface area (Å²) >= 11 is 5.94. The molecule has 92 valence electrons. The van der Waals surface area contributed by atoms with E-state index in [0.29, 0.717) is 22.1 Å². The molecule has 0 radical (unpaired) electrons. The van der Waals surface area contributed by atoms with Crippen molar-refractivity contribution in [3.8, 4) is 5.82 Å². The van der Waals surface area contributed by atoms with Crippen LogP contribution in [0.4, 0.5) is 0 Å². The van der Waals surface area contributed by atoms with Crippen LogP contribution < -0.4 is 0 Å². The topological polar surface area (TPSA) is 68.0 Å². The van der Waals surface area contributed by atoms with E-state index in [9.17, 15) is 4.79 Å². The minimum atomic E-state index is -1.01. The van der Waals surface area contributed by atoms with Crippen LogP contribution in [-0.2, 0) is 4.79 Å². The summed E-state index contributed by atoms with van der Waals surface area (Å²) < 4.78 is 1.53. The van der Waals surface area contributed by atoms with E-state index in [1.807, 2.05) is 0 Å². The van der Waals surface area contributed by atoms with Crippen molar-refractivity contribution in [3.63, 3.8) is 0 Å². The molecule has 0 aliphatic heterocycles. The highest BCUT2D eigenvalue weighted by molar-refractivity contribution is 6.31.